The van der Waals surface area contributed by atoms with Gasteiger partial charge in [0, 0.05) is 13.1 Å². The third-order valence-electron chi connectivity index (χ3n) is 5.58. The molecule has 0 saturated carbocycles. The molecule has 0 amide bonds. The highest BCUT2D eigenvalue weighted by Crippen LogP contribution is 2.38. The molecule has 2 N–H and O–H groups in total. The Kier molecular flexibility index (Phi) is 6.27. The largest absolute Gasteiger partial charge is 0.416 e. The Morgan fingerprint density at radius 3 is 2.34 bits per heavy atom. The highest BCUT2D eigenvalue weighted by Gasteiger charge is 2.33. The van der Waals surface area contributed by atoms with Gasteiger partial charge in [-0.25, -0.2) is 9.97 Å². The van der Waals surface area contributed by atoms with E-state index in [1.807, 2.05) is 12.1 Å². The summed E-state index contributed by atoms with van der Waals surface area (Å²) in [5, 5.41) is 12.1. The van der Waals surface area contributed by atoms with Crippen LogP contribution >= 0.6 is 0 Å². The van der Waals surface area contributed by atoms with Crippen molar-refractivity contribution in [3.8, 4) is 0 Å². The number of nitrogens with one attached hydrogen (secondary N) is 1. The Bertz CT molecular complexity index is 1060. The molecule has 4 rings (SSSR count). The van der Waals surface area contributed by atoms with E-state index in [1.165, 1.54) is 18.5 Å². The van der Waals surface area contributed by atoms with Crippen molar-refractivity contribution in [2.75, 3.05) is 16.8 Å². The average molecular weight is 446 g/mol. The van der Waals surface area contributed by atoms with Crippen LogP contribution < -0.4 is 10.2 Å². The molecule has 32 heavy (non-hydrogen) atoms. The van der Waals surface area contributed by atoms with E-state index in [2.05, 4.69) is 15.3 Å². The molecule has 2 heterocycles. The Labute approximate surface area is 182 Å². The van der Waals surface area contributed by atoms with E-state index >= 15 is 4.39 Å². The maximum Gasteiger partial charge on any atom is 0.416 e. The minimum Gasteiger partial charge on any atom is -0.392 e. The molecule has 0 unspecified atom stereocenters. The standard InChI is InChI=1S/C23H22F4N4O/c24-20-21(28-12-15-3-5-16(13-32)6-4-15)29-14-30-22(20)31-11-1-2-19(31)17-7-9-18(10-8-17)23(25,26)27/h3-10,14,19,32H,1-2,11-13H2,(H,28,29,30)/t19-/m1/s1. The molecule has 1 saturated heterocycles. The molecule has 0 bridgehead atoms. The summed E-state index contributed by atoms with van der Waals surface area (Å²) in [6.45, 7) is 0.830. The van der Waals surface area contributed by atoms with Gasteiger partial charge >= 0.3 is 6.18 Å². The molecule has 1 atom stereocenters. The zero-order valence-corrected chi connectivity index (χ0v) is 17.1. The number of hydrogen-bond donors (Lipinski definition) is 2. The van der Waals surface area contributed by atoms with Gasteiger partial charge in [0.25, 0.3) is 0 Å². The molecular formula is C23H22F4N4O. The van der Waals surface area contributed by atoms with Crippen LogP contribution in [0, 0.1) is 5.82 Å². The average Bonchev–Trinajstić information content (AvgIpc) is 3.28. The Morgan fingerprint density at radius 1 is 1.00 bits per heavy atom. The van der Waals surface area contributed by atoms with E-state index in [-0.39, 0.29) is 24.3 Å². The predicted molar refractivity (Wildman–Crippen MR) is 112 cm³/mol. The van der Waals surface area contributed by atoms with Gasteiger partial charge in [0.15, 0.2) is 11.6 Å². The van der Waals surface area contributed by atoms with Gasteiger partial charge in [0.2, 0.25) is 5.82 Å². The lowest BCUT2D eigenvalue weighted by Gasteiger charge is -2.27. The van der Waals surface area contributed by atoms with E-state index in [0.29, 0.717) is 25.1 Å². The number of halogens is 4. The lowest BCUT2D eigenvalue weighted by molar-refractivity contribution is -0.137. The summed E-state index contributed by atoms with van der Waals surface area (Å²) in [6.07, 6.45) is -1.66. The van der Waals surface area contributed by atoms with Gasteiger partial charge in [-0.1, -0.05) is 36.4 Å². The highest BCUT2D eigenvalue weighted by atomic mass is 19.4. The number of hydrogen-bond acceptors (Lipinski definition) is 5. The summed E-state index contributed by atoms with van der Waals surface area (Å²) in [6, 6.07) is 12.0. The van der Waals surface area contributed by atoms with Crippen LogP contribution in [-0.4, -0.2) is 21.6 Å². The molecule has 9 heteroatoms. The third kappa shape index (κ3) is 4.67. The zero-order valence-electron chi connectivity index (χ0n) is 17.1. The topological polar surface area (TPSA) is 61.3 Å². The summed E-state index contributed by atoms with van der Waals surface area (Å²) >= 11 is 0. The SMILES string of the molecule is OCc1ccc(CNc2ncnc(N3CCC[C@@H]3c3ccc(C(F)(F)F)cc3)c2F)cc1. The van der Waals surface area contributed by atoms with Gasteiger partial charge in [-0.3, -0.25) is 0 Å². The van der Waals surface area contributed by atoms with Crippen LogP contribution in [0.2, 0.25) is 0 Å². The number of alkyl halides is 3. The molecule has 0 radical (unpaired) electrons. The molecule has 0 aliphatic carbocycles. The van der Waals surface area contributed by atoms with Crippen molar-refractivity contribution in [1.82, 2.24) is 9.97 Å². The first-order valence-corrected chi connectivity index (χ1v) is 10.2. The lowest BCUT2D eigenvalue weighted by atomic mass is 10.0. The number of aliphatic hydroxyl groups is 1. The van der Waals surface area contributed by atoms with Crippen molar-refractivity contribution >= 4 is 11.6 Å². The van der Waals surface area contributed by atoms with Gasteiger partial charge in [-0.05, 0) is 41.7 Å². The van der Waals surface area contributed by atoms with Crippen LogP contribution in [0.25, 0.3) is 0 Å². The Hall–Kier alpha value is -3.20. The molecule has 1 aliphatic heterocycles. The van der Waals surface area contributed by atoms with Crippen molar-refractivity contribution < 1.29 is 22.7 Å². The second-order valence-corrected chi connectivity index (χ2v) is 7.66. The first-order chi connectivity index (χ1) is 15.4. The number of nitrogens with zero attached hydrogens (tertiary/aromatic N) is 3. The second-order valence-electron chi connectivity index (χ2n) is 7.66. The number of aliphatic hydroxyl groups excluding tert-OH is 1. The number of benzene rings is 2. The van der Waals surface area contributed by atoms with Crippen molar-refractivity contribution in [2.45, 2.75) is 38.2 Å². The van der Waals surface area contributed by atoms with Gasteiger partial charge in [-0.15, -0.1) is 0 Å². The van der Waals surface area contributed by atoms with Crippen LogP contribution in [-0.2, 0) is 19.3 Å². The van der Waals surface area contributed by atoms with E-state index in [4.69, 9.17) is 5.11 Å². The van der Waals surface area contributed by atoms with Gasteiger partial charge in [-0.2, -0.15) is 17.6 Å². The summed E-state index contributed by atoms with van der Waals surface area (Å²) in [4.78, 5) is 9.91. The van der Waals surface area contributed by atoms with E-state index < -0.39 is 17.6 Å². The van der Waals surface area contributed by atoms with E-state index in [9.17, 15) is 13.2 Å². The summed E-state index contributed by atoms with van der Waals surface area (Å²) in [5.41, 5.74) is 1.66. The summed E-state index contributed by atoms with van der Waals surface area (Å²) in [7, 11) is 0. The maximum atomic E-state index is 15.2. The number of rotatable bonds is 6. The van der Waals surface area contributed by atoms with Crippen LogP contribution in [0.4, 0.5) is 29.2 Å². The first kappa shape index (κ1) is 22.0. The minimum absolute atomic E-state index is 0.0481. The lowest BCUT2D eigenvalue weighted by Crippen LogP contribution is -2.25. The van der Waals surface area contributed by atoms with Crippen LogP contribution in [0.15, 0.2) is 54.9 Å². The molecule has 1 fully saturated rings. The first-order valence-electron chi connectivity index (χ1n) is 10.2. The second kappa shape index (κ2) is 9.12. The maximum absolute atomic E-state index is 15.2. The van der Waals surface area contributed by atoms with Crippen molar-refractivity contribution in [2.24, 2.45) is 0 Å². The van der Waals surface area contributed by atoms with Crippen LogP contribution in [0.1, 0.15) is 41.1 Å². The third-order valence-corrected chi connectivity index (χ3v) is 5.58. The molecule has 168 valence electrons. The number of anilines is 2. The van der Waals surface area contributed by atoms with Gasteiger partial charge < -0.3 is 15.3 Å². The minimum atomic E-state index is -4.40. The highest BCUT2D eigenvalue weighted by molar-refractivity contribution is 5.53. The fourth-order valence-corrected chi connectivity index (χ4v) is 3.89. The van der Waals surface area contributed by atoms with Gasteiger partial charge in [0.05, 0.1) is 18.2 Å². The summed E-state index contributed by atoms with van der Waals surface area (Å²) in [5.74, 6) is -0.418. The molecule has 0 spiro atoms. The molecule has 5 nitrogen and oxygen atoms in total. The molecule has 3 aromatic rings. The van der Waals surface area contributed by atoms with Crippen LogP contribution in [0.3, 0.4) is 0 Å². The molecule has 1 aromatic heterocycles. The summed E-state index contributed by atoms with van der Waals surface area (Å²) < 4.78 is 53.9. The Morgan fingerprint density at radius 2 is 1.69 bits per heavy atom. The molecule has 2 aromatic carbocycles. The van der Waals surface area contributed by atoms with Gasteiger partial charge in [0.1, 0.15) is 6.33 Å². The molecule has 1 aliphatic rings. The van der Waals surface area contributed by atoms with E-state index in [0.717, 1.165) is 29.7 Å². The fourth-order valence-electron chi connectivity index (χ4n) is 3.89. The van der Waals surface area contributed by atoms with Crippen LogP contribution in [0.5, 0.6) is 0 Å². The van der Waals surface area contributed by atoms with Crippen molar-refractivity contribution in [3.05, 3.63) is 82.9 Å². The number of aromatic nitrogens is 2. The predicted octanol–water partition coefficient (Wildman–Crippen LogP) is 5.08. The van der Waals surface area contributed by atoms with E-state index in [1.54, 1.807) is 17.0 Å². The quantitative estimate of drug-likeness (QED) is 0.517. The normalized spacial score (nSPS) is 16.4. The van der Waals surface area contributed by atoms with Crippen molar-refractivity contribution in [3.63, 3.8) is 0 Å². The smallest absolute Gasteiger partial charge is 0.392 e. The zero-order chi connectivity index (χ0) is 22.7. The molecular weight excluding hydrogens is 424 g/mol. The van der Waals surface area contributed by atoms with Crippen molar-refractivity contribution in [1.29, 1.82) is 0 Å². The Balaban J connectivity index is 1.52. The fraction of sp³-hybridized carbons (Fsp3) is 0.304. The monoisotopic (exact) mass is 446 g/mol.